The number of amides is 1. The molecule has 0 saturated heterocycles. The van der Waals surface area contributed by atoms with E-state index in [0.717, 1.165) is 11.3 Å². The van der Waals surface area contributed by atoms with Crippen molar-refractivity contribution >= 4 is 17.8 Å². The number of nitrogens with one attached hydrogen (secondary N) is 2. The zero-order valence-electron chi connectivity index (χ0n) is 18.8. The maximum Gasteiger partial charge on any atom is 0.355 e. The second-order valence-corrected chi connectivity index (χ2v) is 7.52. The van der Waals surface area contributed by atoms with E-state index in [0.29, 0.717) is 29.8 Å². The van der Waals surface area contributed by atoms with E-state index in [1.807, 2.05) is 24.3 Å². The molecule has 0 radical (unpaired) electrons. The third-order valence-corrected chi connectivity index (χ3v) is 4.71. The van der Waals surface area contributed by atoms with E-state index in [9.17, 15) is 14.4 Å². The lowest BCUT2D eigenvalue weighted by atomic mass is 10.1. The Hall–Kier alpha value is -3.29. The van der Waals surface area contributed by atoms with Crippen molar-refractivity contribution in [2.75, 3.05) is 13.7 Å². The van der Waals surface area contributed by atoms with Crippen molar-refractivity contribution in [3.63, 3.8) is 0 Å². The highest BCUT2D eigenvalue weighted by Crippen LogP contribution is 2.21. The largest absolute Gasteiger partial charge is 0.497 e. The van der Waals surface area contributed by atoms with Crippen LogP contribution in [0, 0.1) is 13.8 Å². The number of aromatic nitrogens is 1. The molecule has 0 aliphatic carbocycles. The molecule has 168 valence electrons. The zero-order valence-corrected chi connectivity index (χ0v) is 18.8. The summed E-state index contributed by atoms with van der Waals surface area (Å²) in [7, 11) is 1.60. The Kier molecular flexibility index (Phi) is 8.24. The first-order chi connectivity index (χ1) is 14.6. The summed E-state index contributed by atoms with van der Waals surface area (Å²) in [6.07, 6.45) is -0.636. The molecule has 1 amide bonds. The van der Waals surface area contributed by atoms with Gasteiger partial charge in [0.1, 0.15) is 11.4 Å². The molecule has 2 N–H and O–H groups in total. The van der Waals surface area contributed by atoms with Crippen LogP contribution in [0.5, 0.6) is 5.75 Å². The summed E-state index contributed by atoms with van der Waals surface area (Å²) in [5, 5.41) is 2.76. The Morgan fingerprint density at radius 3 is 2.23 bits per heavy atom. The third-order valence-electron chi connectivity index (χ3n) is 4.71. The number of methoxy groups -OCH3 is 1. The Labute approximate surface area is 182 Å². The molecule has 0 saturated carbocycles. The number of carbonyl (C=O) groups is 3. The molecular weight excluding hydrogens is 400 g/mol. The molecule has 1 unspecified atom stereocenters. The minimum absolute atomic E-state index is 0.131. The molecule has 8 heteroatoms. The van der Waals surface area contributed by atoms with E-state index >= 15 is 0 Å². The first-order valence-electron chi connectivity index (χ1n) is 10.2. The van der Waals surface area contributed by atoms with Crippen LogP contribution in [0.4, 0.5) is 0 Å². The van der Waals surface area contributed by atoms with Crippen molar-refractivity contribution in [1.29, 1.82) is 0 Å². The smallest absolute Gasteiger partial charge is 0.355 e. The molecule has 8 nitrogen and oxygen atoms in total. The molecule has 0 aliphatic heterocycles. The molecule has 1 atom stereocenters. The number of aromatic amines is 1. The van der Waals surface area contributed by atoms with Crippen molar-refractivity contribution in [3.05, 3.63) is 52.3 Å². The number of hydrogen-bond acceptors (Lipinski definition) is 6. The summed E-state index contributed by atoms with van der Waals surface area (Å²) >= 11 is 0. The van der Waals surface area contributed by atoms with Gasteiger partial charge in [-0.3, -0.25) is 4.79 Å². The van der Waals surface area contributed by atoms with Crippen molar-refractivity contribution in [2.45, 2.75) is 53.2 Å². The van der Waals surface area contributed by atoms with Crippen LogP contribution in [0.15, 0.2) is 24.3 Å². The van der Waals surface area contributed by atoms with Gasteiger partial charge in [0, 0.05) is 12.2 Å². The Morgan fingerprint density at radius 2 is 1.65 bits per heavy atom. The Balaban J connectivity index is 1.92. The first-order valence-corrected chi connectivity index (χ1v) is 10.2. The quantitative estimate of drug-likeness (QED) is 0.592. The molecule has 2 aromatic rings. The molecule has 31 heavy (non-hydrogen) atoms. The van der Waals surface area contributed by atoms with Gasteiger partial charge in [-0.15, -0.1) is 0 Å². The summed E-state index contributed by atoms with van der Waals surface area (Å²) in [5.74, 6) is -0.849. The highest BCUT2D eigenvalue weighted by molar-refractivity contribution is 5.99. The predicted octanol–water partition coefficient (Wildman–Crippen LogP) is 3.11. The van der Waals surface area contributed by atoms with E-state index in [1.54, 1.807) is 34.8 Å². The van der Waals surface area contributed by atoms with Gasteiger partial charge >= 0.3 is 11.9 Å². The molecule has 0 aliphatic rings. The van der Waals surface area contributed by atoms with Gasteiger partial charge in [0.05, 0.1) is 18.8 Å². The zero-order chi connectivity index (χ0) is 23.1. The van der Waals surface area contributed by atoms with Crippen LogP contribution in [-0.4, -0.2) is 48.7 Å². The molecule has 0 bridgehead atoms. The molecule has 1 heterocycles. The van der Waals surface area contributed by atoms with Crippen LogP contribution in [-0.2, 0) is 20.7 Å². The minimum Gasteiger partial charge on any atom is -0.497 e. The van der Waals surface area contributed by atoms with Crippen molar-refractivity contribution < 1.29 is 28.6 Å². The van der Waals surface area contributed by atoms with Gasteiger partial charge in [-0.25, -0.2) is 9.59 Å². The van der Waals surface area contributed by atoms with E-state index in [1.165, 1.54) is 6.92 Å². The number of benzene rings is 1. The first kappa shape index (κ1) is 24.0. The lowest BCUT2D eigenvalue weighted by molar-refractivity contribution is -0.129. The van der Waals surface area contributed by atoms with Crippen molar-refractivity contribution in [1.82, 2.24) is 10.3 Å². The van der Waals surface area contributed by atoms with E-state index in [4.69, 9.17) is 14.2 Å². The van der Waals surface area contributed by atoms with Gasteiger partial charge in [0.15, 0.2) is 6.10 Å². The van der Waals surface area contributed by atoms with E-state index in [2.05, 4.69) is 10.3 Å². The second kappa shape index (κ2) is 10.7. The molecule has 1 aromatic heterocycles. The van der Waals surface area contributed by atoms with Crippen LogP contribution < -0.4 is 10.1 Å². The average molecular weight is 431 g/mol. The summed E-state index contributed by atoms with van der Waals surface area (Å²) in [4.78, 5) is 40.0. The Morgan fingerprint density at radius 1 is 1.00 bits per heavy atom. The molecule has 2 rings (SSSR count). The molecule has 1 aromatic carbocycles. The second-order valence-electron chi connectivity index (χ2n) is 7.52. The van der Waals surface area contributed by atoms with Crippen molar-refractivity contribution in [3.8, 4) is 5.75 Å². The van der Waals surface area contributed by atoms with Gasteiger partial charge in [-0.2, -0.15) is 0 Å². The van der Waals surface area contributed by atoms with Gasteiger partial charge < -0.3 is 24.5 Å². The number of H-pyrrole nitrogens is 1. The fourth-order valence-electron chi connectivity index (χ4n) is 3.07. The van der Waals surface area contributed by atoms with E-state index < -0.39 is 23.9 Å². The predicted molar refractivity (Wildman–Crippen MR) is 115 cm³/mol. The molecule has 0 spiro atoms. The summed E-state index contributed by atoms with van der Waals surface area (Å²) in [6, 6.07) is 7.56. The molecular formula is C23H30N2O6. The summed E-state index contributed by atoms with van der Waals surface area (Å²) in [6.45, 7) is 8.71. The monoisotopic (exact) mass is 430 g/mol. The number of carbonyl (C=O) groups excluding carboxylic acids is 3. The summed E-state index contributed by atoms with van der Waals surface area (Å²) in [5.41, 5.74) is 2.42. The van der Waals surface area contributed by atoms with E-state index in [-0.39, 0.29) is 11.8 Å². The number of ether oxygens (including phenoxy) is 3. The van der Waals surface area contributed by atoms with Crippen LogP contribution in [0.1, 0.15) is 58.4 Å². The van der Waals surface area contributed by atoms with Crippen molar-refractivity contribution in [2.24, 2.45) is 0 Å². The maximum atomic E-state index is 12.5. The number of esters is 2. The maximum absolute atomic E-state index is 12.5. The fraction of sp³-hybridized carbons (Fsp3) is 0.435. The number of hydrogen-bond donors (Lipinski definition) is 2. The normalized spacial score (nSPS) is 11.7. The van der Waals surface area contributed by atoms with Gasteiger partial charge in [-0.1, -0.05) is 12.1 Å². The minimum atomic E-state index is -0.988. The van der Waals surface area contributed by atoms with Gasteiger partial charge in [0.2, 0.25) is 0 Å². The third kappa shape index (κ3) is 6.34. The highest BCUT2D eigenvalue weighted by atomic mass is 16.6. The standard InChI is InChI=1S/C23H30N2O6/c1-13(2)30-22(27)19-14(3)20(25-15(19)4)23(28)31-16(5)21(26)24-12-11-17-7-9-18(29-6)10-8-17/h7-10,13,16,25H,11-12H2,1-6H3,(H,24,26). The lowest BCUT2D eigenvalue weighted by Crippen LogP contribution is -2.37. The van der Waals surface area contributed by atoms with Crippen LogP contribution in [0.2, 0.25) is 0 Å². The molecule has 0 fully saturated rings. The van der Waals surface area contributed by atoms with Gasteiger partial charge in [-0.05, 0) is 64.3 Å². The average Bonchev–Trinajstić information content (AvgIpc) is 3.02. The summed E-state index contributed by atoms with van der Waals surface area (Å²) < 4.78 is 15.6. The van der Waals surface area contributed by atoms with Crippen LogP contribution in [0.25, 0.3) is 0 Å². The fourth-order valence-corrected chi connectivity index (χ4v) is 3.07. The highest BCUT2D eigenvalue weighted by Gasteiger charge is 2.26. The number of aryl methyl sites for hydroxylation is 1. The Bertz CT molecular complexity index is 930. The van der Waals surface area contributed by atoms with Gasteiger partial charge in [0.25, 0.3) is 5.91 Å². The topological polar surface area (TPSA) is 107 Å². The van der Waals surface area contributed by atoms with Crippen LogP contribution >= 0.6 is 0 Å². The number of rotatable bonds is 9. The lowest BCUT2D eigenvalue weighted by Gasteiger charge is -2.13. The SMILES string of the molecule is COc1ccc(CCNC(=O)C(C)OC(=O)c2[nH]c(C)c(C(=O)OC(C)C)c2C)cc1. The van der Waals surface area contributed by atoms with Crippen LogP contribution in [0.3, 0.4) is 0 Å².